The zero-order valence-electron chi connectivity index (χ0n) is 15.4. The molecule has 3 rings (SSSR count). The highest BCUT2D eigenvalue weighted by atomic mass is 35.5. The molecule has 0 saturated carbocycles. The van der Waals surface area contributed by atoms with E-state index in [1.54, 1.807) is 24.3 Å². The molecule has 0 unspecified atom stereocenters. The lowest BCUT2D eigenvalue weighted by atomic mass is 9.89. The van der Waals surface area contributed by atoms with Crippen LogP contribution >= 0.6 is 11.6 Å². The molecule has 0 saturated heterocycles. The molecule has 3 aromatic rings. The van der Waals surface area contributed by atoms with Crippen LogP contribution < -0.4 is 5.32 Å². The van der Waals surface area contributed by atoms with Gasteiger partial charge in [-0.1, -0.05) is 84.4 Å². The largest absolute Gasteiger partial charge is 0.465 e. The molecule has 0 spiro atoms. The summed E-state index contributed by atoms with van der Waals surface area (Å²) in [5.41, 5.74) is 2.70. The van der Waals surface area contributed by atoms with Crippen LogP contribution in [0, 0.1) is 0 Å². The van der Waals surface area contributed by atoms with Crippen LogP contribution in [0.4, 0.5) is 0 Å². The van der Waals surface area contributed by atoms with E-state index >= 15 is 0 Å². The third kappa shape index (κ3) is 4.07. The van der Waals surface area contributed by atoms with Crippen molar-refractivity contribution in [3.63, 3.8) is 0 Å². The SMILES string of the molecule is COC(=O)c1ccc(CNC(=O)C(Cl)(c2ccccc2)c2ccccc2)cc1. The average molecular weight is 394 g/mol. The minimum atomic E-state index is -1.34. The number of halogens is 1. The summed E-state index contributed by atoms with van der Waals surface area (Å²) in [7, 11) is 1.34. The van der Waals surface area contributed by atoms with Gasteiger partial charge in [-0.2, -0.15) is 0 Å². The number of hydrogen-bond donors (Lipinski definition) is 1. The Labute approximate surface area is 169 Å². The number of carbonyl (C=O) groups is 2. The van der Waals surface area contributed by atoms with Gasteiger partial charge >= 0.3 is 5.97 Å². The maximum absolute atomic E-state index is 13.1. The van der Waals surface area contributed by atoms with Gasteiger partial charge in [0, 0.05) is 6.54 Å². The number of nitrogens with one attached hydrogen (secondary N) is 1. The predicted molar refractivity (Wildman–Crippen MR) is 109 cm³/mol. The maximum atomic E-state index is 13.1. The van der Waals surface area contributed by atoms with Gasteiger partial charge < -0.3 is 10.1 Å². The van der Waals surface area contributed by atoms with Gasteiger partial charge in [0.25, 0.3) is 5.91 Å². The fourth-order valence-corrected chi connectivity index (χ4v) is 3.26. The number of hydrogen-bond acceptors (Lipinski definition) is 3. The van der Waals surface area contributed by atoms with E-state index in [1.807, 2.05) is 60.7 Å². The Morgan fingerprint density at radius 3 is 1.82 bits per heavy atom. The van der Waals surface area contributed by atoms with Crippen molar-refractivity contribution in [1.29, 1.82) is 0 Å². The topological polar surface area (TPSA) is 55.4 Å². The number of benzene rings is 3. The van der Waals surface area contributed by atoms with Gasteiger partial charge in [0.15, 0.2) is 4.87 Å². The second-order valence-electron chi connectivity index (χ2n) is 6.26. The van der Waals surface area contributed by atoms with Crippen LogP contribution in [0.3, 0.4) is 0 Å². The second-order valence-corrected chi connectivity index (χ2v) is 6.83. The van der Waals surface area contributed by atoms with Gasteiger partial charge in [-0.05, 0) is 28.8 Å². The zero-order chi connectivity index (χ0) is 20.0. The Hall–Kier alpha value is -3.11. The molecule has 4 nitrogen and oxygen atoms in total. The average Bonchev–Trinajstić information content (AvgIpc) is 2.77. The van der Waals surface area contributed by atoms with Crippen molar-refractivity contribution in [1.82, 2.24) is 5.32 Å². The molecular formula is C23H20ClNO3. The molecule has 0 fully saturated rings. The monoisotopic (exact) mass is 393 g/mol. The molecule has 5 heteroatoms. The molecule has 0 atom stereocenters. The zero-order valence-corrected chi connectivity index (χ0v) is 16.1. The van der Waals surface area contributed by atoms with E-state index in [0.717, 1.165) is 5.56 Å². The first-order valence-corrected chi connectivity index (χ1v) is 9.19. The summed E-state index contributed by atoms with van der Waals surface area (Å²) in [6, 6.07) is 25.4. The van der Waals surface area contributed by atoms with Crippen LogP contribution in [0.25, 0.3) is 0 Å². The van der Waals surface area contributed by atoms with Crippen molar-refractivity contribution < 1.29 is 14.3 Å². The fraction of sp³-hybridized carbons (Fsp3) is 0.130. The summed E-state index contributed by atoms with van der Waals surface area (Å²) in [6.45, 7) is 0.286. The number of carbonyl (C=O) groups excluding carboxylic acids is 2. The Morgan fingerprint density at radius 1 is 0.857 bits per heavy atom. The highest BCUT2D eigenvalue weighted by Crippen LogP contribution is 2.37. The van der Waals surface area contributed by atoms with Crippen LogP contribution in [-0.4, -0.2) is 19.0 Å². The lowest BCUT2D eigenvalue weighted by Crippen LogP contribution is -2.41. The summed E-state index contributed by atoms with van der Waals surface area (Å²) < 4.78 is 4.69. The van der Waals surface area contributed by atoms with E-state index in [0.29, 0.717) is 16.7 Å². The first-order valence-electron chi connectivity index (χ1n) is 8.81. The summed E-state index contributed by atoms with van der Waals surface area (Å²) in [4.78, 5) is 23.3. The predicted octanol–water partition coefficient (Wildman–Crippen LogP) is 4.27. The van der Waals surface area contributed by atoms with Gasteiger partial charge in [-0.3, -0.25) is 4.79 Å². The van der Waals surface area contributed by atoms with Crippen LogP contribution in [-0.2, 0) is 21.0 Å². The van der Waals surface area contributed by atoms with Gasteiger partial charge in [-0.25, -0.2) is 4.79 Å². The fourth-order valence-electron chi connectivity index (χ4n) is 2.95. The van der Waals surface area contributed by atoms with Gasteiger partial charge in [0.2, 0.25) is 0 Å². The third-order valence-corrected chi connectivity index (χ3v) is 5.09. The molecule has 0 bridgehead atoms. The first kappa shape index (κ1) is 19.6. The lowest BCUT2D eigenvalue weighted by molar-refractivity contribution is -0.123. The number of esters is 1. The van der Waals surface area contributed by atoms with Crippen molar-refractivity contribution in [2.75, 3.05) is 7.11 Å². The number of amides is 1. The van der Waals surface area contributed by atoms with Crippen LogP contribution in [0.2, 0.25) is 0 Å². The van der Waals surface area contributed by atoms with E-state index < -0.39 is 10.8 Å². The Morgan fingerprint density at radius 2 is 1.36 bits per heavy atom. The molecule has 1 N–H and O–H groups in total. The molecule has 142 valence electrons. The maximum Gasteiger partial charge on any atom is 0.337 e. The van der Waals surface area contributed by atoms with Crippen LogP contribution in [0.15, 0.2) is 84.9 Å². The molecule has 0 aromatic heterocycles. The minimum absolute atomic E-state index is 0.286. The van der Waals surface area contributed by atoms with Crippen molar-refractivity contribution >= 4 is 23.5 Å². The second kappa shape index (κ2) is 8.72. The van der Waals surface area contributed by atoms with Crippen molar-refractivity contribution in [2.45, 2.75) is 11.4 Å². The molecule has 0 aliphatic carbocycles. The third-order valence-electron chi connectivity index (χ3n) is 4.48. The number of methoxy groups -OCH3 is 1. The molecule has 0 heterocycles. The highest BCUT2D eigenvalue weighted by Gasteiger charge is 2.39. The molecule has 0 aliphatic rings. The molecule has 28 heavy (non-hydrogen) atoms. The van der Waals surface area contributed by atoms with Crippen molar-refractivity contribution in [2.24, 2.45) is 0 Å². The van der Waals surface area contributed by atoms with Crippen molar-refractivity contribution in [3.8, 4) is 0 Å². The first-order chi connectivity index (χ1) is 13.6. The Kier molecular flexibility index (Phi) is 6.12. The van der Waals surface area contributed by atoms with E-state index in [-0.39, 0.29) is 12.5 Å². The lowest BCUT2D eigenvalue weighted by Gasteiger charge is -2.27. The van der Waals surface area contributed by atoms with E-state index in [4.69, 9.17) is 16.3 Å². The molecule has 0 aliphatic heterocycles. The van der Waals surface area contributed by atoms with Gasteiger partial charge in [-0.15, -0.1) is 0 Å². The quantitative estimate of drug-likeness (QED) is 0.502. The highest BCUT2D eigenvalue weighted by molar-refractivity contribution is 6.37. The number of alkyl halides is 1. The summed E-state index contributed by atoms with van der Waals surface area (Å²) in [6.07, 6.45) is 0. The number of ether oxygens (including phenoxy) is 1. The molecule has 0 radical (unpaired) electrons. The van der Waals surface area contributed by atoms with Crippen LogP contribution in [0.1, 0.15) is 27.0 Å². The Balaban J connectivity index is 1.82. The van der Waals surface area contributed by atoms with E-state index in [1.165, 1.54) is 7.11 Å². The number of rotatable bonds is 6. The standard InChI is InChI=1S/C23H20ClNO3/c1-28-21(26)18-14-12-17(13-15-18)16-25-22(27)23(24,19-8-4-2-5-9-19)20-10-6-3-7-11-20/h2-15H,16H2,1H3,(H,25,27). The molecular weight excluding hydrogens is 374 g/mol. The van der Waals surface area contributed by atoms with E-state index in [9.17, 15) is 9.59 Å². The van der Waals surface area contributed by atoms with E-state index in [2.05, 4.69) is 5.32 Å². The Bertz CT molecular complexity index is 901. The van der Waals surface area contributed by atoms with Crippen molar-refractivity contribution in [3.05, 3.63) is 107 Å². The normalized spacial score (nSPS) is 10.9. The van der Waals surface area contributed by atoms with Gasteiger partial charge in [0.1, 0.15) is 0 Å². The molecule has 1 amide bonds. The van der Waals surface area contributed by atoms with Crippen LogP contribution in [0.5, 0.6) is 0 Å². The minimum Gasteiger partial charge on any atom is -0.465 e. The smallest absolute Gasteiger partial charge is 0.337 e. The summed E-state index contributed by atoms with van der Waals surface area (Å²) >= 11 is 6.92. The summed E-state index contributed by atoms with van der Waals surface area (Å²) in [5, 5.41) is 2.91. The molecule has 3 aromatic carbocycles. The summed E-state index contributed by atoms with van der Waals surface area (Å²) in [5.74, 6) is -0.716. The van der Waals surface area contributed by atoms with Gasteiger partial charge in [0.05, 0.1) is 12.7 Å².